The van der Waals surface area contributed by atoms with Gasteiger partial charge in [-0.15, -0.1) is 0 Å². The van der Waals surface area contributed by atoms with Gasteiger partial charge in [0, 0.05) is 6.04 Å². The van der Waals surface area contributed by atoms with Gasteiger partial charge in [-0.05, 0) is 49.3 Å². The number of benzene rings is 1. The van der Waals surface area contributed by atoms with Crippen molar-refractivity contribution in [1.82, 2.24) is 0 Å². The molecular formula is C15H23NO. The molecule has 17 heavy (non-hydrogen) atoms. The zero-order valence-electron chi connectivity index (χ0n) is 10.9. The van der Waals surface area contributed by atoms with Gasteiger partial charge < -0.3 is 10.5 Å². The lowest BCUT2D eigenvalue weighted by Crippen LogP contribution is -2.31. The van der Waals surface area contributed by atoms with E-state index >= 15 is 0 Å². The Balaban J connectivity index is 1.94. The molecule has 0 aromatic heterocycles. The molecule has 0 aliphatic heterocycles. The molecular weight excluding hydrogens is 210 g/mol. The van der Waals surface area contributed by atoms with Crippen LogP contribution in [0.1, 0.15) is 42.9 Å². The van der Waals surface area contributed by atoms with Gasteiger partial charge in [-0.1, -0.05) is 25.1 Å². The average Bonchev–Trinajstić information content (AvgIpc) is 2.74. The van der Waals surface area contributed by atoms with Gasteiger partial charge >= 0.3 is 0 Å². The zero-order chi connectivity index (χ0) is 12.3. The van der Waals surface area contributed by atoms with Crippen LogP contribution >= 0.6 is 0 Å². The van der Waals surface area contributed by atoms with E-state index in [-0.39, 0.29) is 12.1 Å². The fourth-order valence-corrected chi connectivity index (χ4v) is 2.56. The van der Waals surface area contributed by atoms with E-state index in [0.717, 1.165) is 19.3 Å². The molecule has 1 aliphatic rings. The minimum absolute atomic E-state index is 0.242. The van der Waals surface area contributed by atoms with Crippen molar-refractivity contribution in [3.63, 3.8) is 0 Å². The first-order chi connectivity index (χ1) is 8.20. The van der Waals surface area contributed by atoms with Crippen molar-refractivity contribution in [3.8, 4) is 0 Å². The van der Waals surface area contributed by atoms with Gasteiger partial charge in [-0.25, -0.2) is 0 Å². The van der Waals surface area contributed by atoms with Crippen molar-refractivity contribution in [2.45, 2.75) is 58.3 Å². The first-order valence-corrected chi connectivity index (χ1v) is 6.66. The summed E-state index contributed by atoms with van der Waals surface area (Å²) in [4.78, 5) is 0. The highest BCUT2D eigenvalue weighted by molar-refractivity contribution is 5.30. The average molecular weight is 233 g/mol. The molecule has 2 rings (SSSR count). The van der Waals surface area contributed by atoms with Crippen LogP contribution in [0.5, 0.6) is 0 Å². The van der Waals surface area contributed by atoms with Gasteiger partial charge in [0.15, 0.2) is 0 Å². The lowest BCUT2D eigenvalue weighted by atomic mass is 10.0. The molecule has 0 amide bonds. The van der Waals surface area contributed by atoms with Crippen LogP contribution in [0, 0.1) is 6.92 Å². The SMILES string of the molecule is CCc1cc(COC2CCC[C@@H]2N)ccc1C. The standard InChI is InChI=1S/C15H23NO/c1-3-13-9-12(8-7-11(13)2)10-17-15-6-4-5-14(15)16/h7-9,14-15H,3-6,10,16H2,1-2H3/t14-,15?/m0/s1. The molecule has 1 aromatic rings. The number of aryl methyl sites for hydroxylation is 2. The Kier molecular flexibility index (Phi) is 4.19. The maximum Gasteiger partial charge on any atom is 0.0730 e. The van der Waals surface area contributed by atoms with Gasteiger partial charge in [0.1, 0.15) is 0 Å². The maximum absolute atomic E-state index is 6.00. The molecule has 0 bridgehead atoms. The van der Waals surface area contributed by atoms with E-state index in [1.807, 2.05) is 0 Å². The summed E-state index contributed by atoms with van der Waals surface area (Å²) < 4.78 is 5.92. The van der Waals surface area contributed by atoms with Crippen LogP contribution in [0.15, 0.2) is 18.2 Å². The van der Waals surface area contributed by atoms with Crippen LogP contribution in [0.4, 0.5) is 0 Å². The number of ether oxygens (including phenoxy) is 1. The molecule has 0 spiro atoms. The third kappa shape index (κ3) is 3.08. The van der Waals surface area contributed by atoms with Gasteiger partial charge in [-0.3, -0.25) is 0 Å². The van der Waals surface area contributed by atoms with Crippen molar-refractivity contribution in [2.24, 2.45) is 5.73 Å². The molecule has 2 atom stereocenters. The molecule has 1 aliphatic carbocycles. The fraction of sp³-hybridized carbons (Fsp3) is 0.600. The molecule has 1 aromatic carbocycles. The lowest BCUT2D eigenvalue weighted by molar-refractivity contribution is 0.0357. The third-order valence-corrected chi connectivity index (χ3v) is 3.76. The van der Waals surface area contributed by atoms with Crippen molar-refractivity contribution in [3.05, 3.63) is 34.9 Å². The van der Waals surface area contributed by atoms with Gasteiger partial charge in [0.2, 0.25) is 0 Å². The Hall–Kier alpha value is -0.860. The fourth-order valence-electron chi connectivity index (χ4n) is 2.56. The molecule has 2 N–H and O–H groups in total. The summed E-state index contributed by atoms with van der Waals surface area (Å²) in [5.74, 6) is 0. The van der Waals surface area contributed by atoms with Crippen LogP contribution < -0.4 is 5.73 Å². The molecule has 0 heterocycles. The number of hydrogen-bond acceptors (Lipinski definition) is 2. The monoisotopic (exact) mass is 233 g/mol. The highest BCUT2D eigenvalue weighted by Gasteiger charge is 2.24. The third-order valence-electron chi connectivity index (χ3n) is 3.76. The Morgan fingerprint density at radius 1 is 1.35 bits per heavy atom. The van der Waals surface area contributed by atoms with Gasteiger partial charge in [-0.2, -0.15) is 0 Å². The summed E-state index contributed by atoms with van der Waals surface area (Å²) in [5, 5.41) is 0. The Morgan fingerprint density at radius 3 is 2.82 bits per heavy atom. The van der Waals surface area contributed by atoms with E-state index < -0.39 is 0 Å². The Morgan fingerprint density at radius 2 is 2.18 bits per heavy atom. The second-order valence-corrected chi connectivity index (χ2v) is 5.06. The largest absolute Gasteiger partial charge is 0.372 e. The summed E-state index contributed by atoms with van der Waals surface area (Å²) in [6.07, 6.45) is 4.79. The summed E-state index contributed by atoms with van der Waals surface area (Å²) in [6, 6.07) is 6.85. The molecule has 1 saturated carbocycles. The summed E-state index contributed by atoms with van der Waals surface area (Å²) >= 11 is 0. The quantitative estimate of drug-likeness (QED) is 0.867. The van der Waals surface area contributed by atoms with E-state index in [9.17, 15) is 0 Å². The van der Waals surface area contributed by atoms with Crippen molar-refractivity contribution >= 4 is 0 Å². The van der Waals surface area contributed by atoms with E-state index in [4.69, 9.17) is 10.5 Å². The van der Waals surface area contributed by atoms with E-state index in [2.05, 4.69) is 32.0 Å². The zero-order valence-corrected chi connectivity index (χ0v) is 10.9. The van der Waals surface area contributed by atoms with Crippen molar-refractivity contribution in [2.75, 3.05) is 0 Å². The van der Waals surface area contributed by atoms with Crippen molar-refractivity contribution < 1.29 is 4.74 Å². The molecule has 1 fully saturated rings. The molecule has 94 valence electrons. The van der Waals surface area contributed by atoms with E-state index in [1.165, 1.54) is 23.1 Å². The lowest BCUT2D eigenvalue weighted by Gasteiger charge is -2.17. The number of rotatable bonds is 4. The summed E-state index contributed by atoms with van der Waals surface area (Å²) in [5.41, 5.74) is 10.1. The predicted octanol–water partition coefficient (Wildman–Crippen LogP) is 2.95. The second-order valence-electron chi connectivity index (χ2n) is 5.06. The molecule has 2 nitrogen and oxygen atoms in total. The maximum atomic E-state index is 6.00. The van der Waals surface area contributed by atoms with Crippen LogP contribution in [0.25, 0.3) is 0 Å². The van der Waals surface area contributed by atoms with E-state index in [1.54, 1.807) is 0 Å². The molecule has 0 saturated heterocycles. The Bertz CT molecular complexity index is 375. The van der Waals surface area contributed by atoms with E-state index in [0.29, 0.717) is 6.61 Å². The van der Waals surface area contributed by atoms with Gasteiger partial charge in [0.25, 0.3) is 0 Å². The van der Waals surface area contributed by atoms with Crippen LogP contribution in [0.3, 0.4) is 0 Å². The second kappa shape index (κ2) is 5.65. The first-order valence-electron chi connectivity index (χ1n) is 6.66. The number of nitrogens with two attached hydrogens (primary N) is 1. The van der Waals surface area contributed by atoms with Crippen LogP contribution in [-0.4, -0.2) is 12.1 Å². The Labute approximate surface area is 104 Å². The smallest absolute Gasteiger partial charge is 0.0730 e. The highest BCUT2D eigenvalue weighted by Crippen LogP contribution is 2.22. The minimum Gasteiger partial charge on any atom is -0.372 e. The summed E-state index contributed by atoms with van der Waals surface area (Å²) in [7, 11) is 0. The first kappa shape index (κ1) is 12.6. The van der Waals surface area contributed by atoms with Crippen LogP contribution in [-0.2, 0) is 17.8 Å². The summed E-state index contributed by atoms with van der Waals surface area (Å²) in [6.45, 7) is 5.06. The van der Waals surface area contributed by atoms with Crippen LogP contribution in [0.2, 0.25) is 0 Å². The van der Waals surface area contributed by atoms with Crippen molar-refractivity contribution in [1.29, 1.82) is 0 Å². The molecule has 0 radical (unpaired) electrons. The topological polar surface area (TPSA) is 35.2 Å². The van der Waals surface area contributed by atoms with Gasteiger partial charge in [0.05, 0.1) is 12.7 Å². The normalized spacial score (nSPS) is 24.2. The highest BCUT2D eigenvalue weighted by atomic mass is 16.5. The molecule has 2 heteroatoms. The minimum atomic E-state index is 0.242. The number of hydrogen-bond donors (Lipinski definition) is 1. The predicted molar refractivity (Wildman–Crippen MR) is 71.0 cm³/mol. The molecule has 1 unspecified atom stereocenters.